The van der Waals surface area contributed by atoms with E-state index < -0.39 is 0 Å². The van der Waals surface area contributed by atoms with Crippen LogP contribution in [0.3, 0.4) is 0 Å². The molecule has 3 heterocycles. The highest BCUT2D eigenvalue weighted by molar-refractivity contribution is 7.07. The molecule has 0 bridgehead atoms. The molecule has 0 radical (unpaired) electrons. The highest BCUT2D eigenvalue weighted by Gasteiger charge is 2.32. The van der Waals surface area contributed by atoms with Crippen LogP contribution in [0.5, 0.6) is 0 Å². The molecule has 2 aromatic heterocycles. The fraction of sp³-hybridized carbons (Fsp3) is 0.562. The number of rotatable bonds is 6. The summed E-state index contributed by atoms with van der Waals surface area (Å²) in [5, 5.41) is 11.8. The maximum absolute atomic E-state index is 12.6. The van der Waals surface area contributed by atoms with E-state index in [1.54, 1.807) is 17.7 Å². The van der Waals surface area contributed by atoms with E-state index in [9.17, 15) is 4.79 Å². The Morgan fingerprint density at radius 2 is 2.35 bits per heavy atom. The summed E-state index contributed by atoms with van der Waals surface area (Å²) in [7, 11) is 0. The van der Waals surface area contributed by atoms with Gasteiger partial charge < -0.3 is 10.2 Å². The van der Waals surface area contributed by atoms with Gasteiger partial charge in [0.1, 0.15) is 12.2 Å². The third kappa shape index (κ3) is 3.45. The zero-order valence-electron chi connectivity index (χ0n) is 13.0. The molecule has 0 unspecified atom stereocenters. The first kappa shape index (κ1) is 14.8. The van der Waals surface area contributed by atoms with Gasteiger partial charge in [0.15, 0.2) is 0 Å². The second-order valence-corrected chi connectivity index (χ2v) is 7.14. The first-order valence-electron chi connectivity index (χ1n) is 8.20. The number of carbonyl (C=O) groups is 1. The molecule has 1 atom stereocenters. The van der Waals surface area contributed by atoms with Gasteiger partial charge in [-0.25, -0.2) is 9.67 Å². The lowest BCUT2D eigenvalue weighted by molar-refractivity contribution is -0.131. The summed E-state index contributed by atoms with van der Waals surface area (Å²) in [4.78, 5) is 18.9. The van der Waals surface area contributed by atoms with Crippen LogP contribution in [0.1, 0.15) is 30.7 Å². The highest BCUT2D eigenvalue weighted by atomic mass is 32.1. The molecule has 122 valence electrons. The Kier molecular flexibility index (Phi) is 4.13. The predicted octanol–water partition coefficient (Wildman–Crippen LogP) is 1.44. The van der Waals surface area contributed by atoms with Crippen molar-refractivity contribution in [3.05, 3.63) is 34.5 Å². The molecule has 4 rings (SSSR count). The highest BCUT2D eigenvalue weighted by Crippen LogP contribution is 2.28. The van der Waals surface area contributed by atoms with Crippen molar-refractivity contribution >= 4 is 17.2 Å². The molecule has 1 aliphatic carbocycles. The Morgan fingerprint density at radius 3 is 3.13 bits per heavy atom. The standard InChI is InChI=1S/C16H21N5OS/c22-16(20(14-2-3-14)8-12-5-6-23-10-12)7-17-13-1-4-15-18-11-19-21(15)9-13/h5-6,10-11,13-14,17H,1-4,7-9H2/t13-/m1/s1. The van der Waals surface area contributed by atoms with Crippen LogP contribution in [0.15, 0.2) is 23.2 Å². The number of hydrogen-bond donors (Lipinski definition) is 1. The maximum Gasteiger partial charge on any atom is 0.237 e. The van der Waals surface area contributed by atoms with Gasteiger partial charge in [-0.2, -0.15) is 16.4 Å². The SMILES string of the molecule is O=C(CN[C@@H]1CCc2ncnn2C1)N(Cc1ccsc1)C1CC1. The van der Waals surface area contributed by atoms with Crippen molar-refractivity contribution < 1.29 is 4.79 Å². The van der Waals surface area contributed by atoms with Crippen molar-refractivity contribution in [1.82, 2.24) is 25.0 Å². The summed E-state index contributed by atoms with van der Waals surface area (Å²) in [6.07, 6.45) is 5.83. The lowest BCUT2D eigenvalue weighted by atomic mass is 10.1. The van der Waals surface area contributed by atoms with Crippen LogP contribution >= 0.6 is 11.3 Å². The maximum atomic E-state index is 12.6. The second kappa shape index (κ2) is 6.41. The van der Waals surface area contributed by atoms with Crippen LogP contribution in [0.4, 0.5) is 0 Å². The van der Waals surface area contributed by atoms with Gasteiger partial charge in [0.2, 0.25) is 5.91 Å². The van der Waals surface area contributed by atoms with E-state index in [1.807, 2.05) is 9.58 Å². The Balaban J connectivity index is 1.32. The third-order valence-electron chi connectivity index (χ3n) is 4.59. The molecule has 1 aliphatic heterocycles. The first-order chi connectivity index (χ1) is 11.3. The minimum atomic E-state index is 0.211. The Bertz CT molecular complexity index is 664. The molecule has 1 amide bonds. The van der Waals surface area contributed by atoms with Crippen LogP contribution in [0.2, 0.25) is 0 Å². The van der Waals surface area contributed by atoms with Crippen molar-refractivity contribution in [1.29, 1.82) is 0 Å². The molecule has 2 aliphatic rings. The second-order valence-electron chi connectivity index (χ2n) is 6.36. The number of fused-ring (bicyclic) bond motifs is 1. The van der Waals surface area contributed by atoms with Gasteiger partial charge >= 0.3 is 0 Å². The summed E-state index contributed by atoms with van der Waals surface area (Å²) < 4.78 is 1.94. The molecule has 2 aromatic rings. The van der Waals surface area contributed by atoms with E-state index in [2.05, 4.69) is 32.2 Å². The van der Waals surface area contributed by atoms with Crippen LogP contribution in [0, 0.1) is 0 Å². The molecule has 0 spiro atoms. The van der Waals surface area contributed by atoms with Gasteiger partial charge in [-0.3, -0.25) is 4.79 Å². The van der Waals surface area contributed by atoms with Crippen molar-refractivity contribution in [2.45, 2.75) is 50.9 Å². The van der Waals surface area contributed by atoms with E-state index in [0.717, 1.165) is 44.6 Å². The van der Waals surface area contributed by atoms with Gasteiger partial charge in [-0.05, 0) is 41.7 Å². The minimum absolute atomic E-state index is 0.211. The van der Waals surface area contributed by atoms with Crippen molar-refractivity contribution in [3.8, 4) is 0 Å². The monoisotopic (exact) mass is 331 g/mol. The topological polar surface area (TPSA) is 63.1 Å². The lowest BCUT2D eigenvalue weighted by Gasteiger charge is -2.26. The van der Waals surface area contributed by atoms with E-state index in [4.69, 9.17) is 0 Å². The number of hydrogen-bond acceptors (Lipinski definition) is 5. The first-order valence-corrected chi connectivity index (χ1v) is 9.14. The Labute approximate surface area is 139 Å². The zero-order chi connectivity index (χ0) is 15.6. The summed E-state index contributed by atoms with van der Waals surface area (Å²) in [5.41, 5.74) is 1.24. The van der Waals surface area contributed by atoms with Gasteiger partial charge in [-0.1, -0.05) is 0 Å². The average Bonchev–Trinajstić information content (AvgIpc) is 3.08. The number of thiophene rings is 1. The molecule has 23 heavy (non-hydrogen) atoms. The minimum Gasteiger partial charge on any atom is -0.334 e. The van der Waals surface area contributed by atoms with E-state index in [0.29, 0.717) is 18.6 Å². The number of aryl methyl sites for hydroxylation is 1. The summed E-state index contributed by atoms with van der Waals surface area (Å²) in [6, 6.07) is 2.85. The molecule has 1 saturated carbocycles. The number of carbonyl (C=O) groups excluding carboxylic acids is 1. The predicted molar refractivity (Wildman–Crippen MR) is 88.0 cm³/mol. The molecular formula is C16H21N5OS. The van der Waals surface area contributed by atoms with Gasteiger partial charge in [0.05, 0.1) is 13.1 Å². The zero-order valence-corrected chi connectivity index (χ0v) is 13.8. The lowest BCUT2D eigenvalue weighted by Crippen LogP contribution is -2.45. The fourth-order valence-corrected chi connectivity index (χ4v) is 3.78. The van der Waals surface area contributed by atoms with Crippen molar-refractivity contribution in [2.75, 3.05) is 6.54 Å². The van der Waals surface area contributed by atoms with E-state index in [1.165, 1.54) is 5.56 Å². The van der Waals surface area contributed by atoms with Gasteiger partial charge in [0, 0.05) is 25.0 Å². The van der Waals surface area contributed by atoms with Gasteiger partial charge in [0.25, 0.3) is 0 Å². The molecule has 1 fully saturated rings. The third-order valence-corrected chi connectivity index (χ3v) is 5.32. The van der Waals surface area contributed by atoms with E-state index in [-0.39, 0.29) is 5.91 Å². The molecule has 6 nitrogen and oxygen atoms in total. The van der Waals surface area contributed by atoms with Crippen molar-refractivity contribution in [2.24, 2.45) is 0 Å². The van der Waals surface area contributed by atoms with Crippen LogP contribution in [-0.4, -0.2) is 44.2 Å². The number of nitrogens with one attached hydrogen (secondary N) is 1. The molecule has 7 heteroatoms. The van der Waals surface area contributed by atoms with Gasteiger partial charge in [-0.15, -0.1) is 0 Å². The molecule has 0 aromatic carbocycles. The summed E-state index contributed by atoms with van der Waals surface area (Å²) in [5.74, 6) is 1.26. The summed E-state index contributed by atoms with van der Waals surface area (Å²) >= 11 is 1.69. The number of amides is 1. The Morgan fingerprint density at radius 1 is 1.43 bits per heavy atom. The van der Waals surface area contributed by atoms with Crippen molar-refractivity contribution in [3.63, 3.8) is 0 Å². The largest absolute Gasteiger partial charge is 0.334 e. The van der Waals surface area contributed by atoms with Crippen LogP contribution < -0.4 is 5.32 Å². The number of aromatic nitrogens is 3. The smallest absolute Gasteiger partial charge is 0.237 e. The van der Waals surface area contributed by atoms with Crippen LogP contribution in [0.25, 0.3) is 0 Å². The van der Waals surface area contributed by atoms with E-state index >= 15 is 0 Å². The van der Waals surface area contributed by atoms with Crippen LogP contribution in [-0.2, 0) is 24.3 Å². The molecular weight excluding hydrogens is 310 g/mol. The molecule has 0 saturated heterocycles. The average molecular weight is 331 g/mol. The molecule has 1 N–H and O–H groups in total. The number of nitrogens with zero attached hydrogens (tertiary/aromatic N) is 4. The summed E-state index contributed by atoms with van der Waals surface area (Å²) in [6.45, 7) is 1.96. The quantitative estimate of drug-likeness (QED) is 0.870. The normalized spacial score (nSPS) is 20.3. The fourth-order valence-electron chi connectivity index (χ4n) is 3.12. The Hall–Kier alpha value is -1.73.